The summed E-state index contributed by atoms with van der Waals surface area (Å²) in [4.78, 5) is 6.95. The molecule has 102 valence electrons. The van der Waals surface area contributed by atoms with Crippen molar-refractivity contribution in [3.8, 4) is 0 Å². The molecule has 2 heterocycles. The Bertz CT molecular complexity index is 562. The third kappa shape index (κ3) is 2.39. The molecule has 0 radical (unpaired) electrons. The van der Waals surface area contributed by atoms with Crippen LogP contribution < -0.4 is 10.6 Å². The lowest BCUT2D eigenvalue weighted by molar-refractivity contribution is 0.404. The van der Waals surface area contributed by atoms with E-state index in [9.17, 15) is 0 Å². The Hall–Kier alpha value is -1.71. The molecule has 2 aromatic rings. The van der Waals surface area contributed by atoms with E-state index in [-0.39, 0.29) is 0 Å². The van der Waals surface area contributed by atoms with Gasteiger partial charge < -0.3 is 15.1 Å². The monoisotopic (exact) mass is 259 g/mol. The van der Waals surface area contributed by atoms with Crippen LogP contribution in [0.25, 0.3) is 11.1 Å². The summed E-state index contributed by atoms with van der Waals surface area (Å²) in [5.41, 5.74) is 8.21. The maximum absolute atomic E-state index is 5.90. The van der Waals surface area contributed by atoms with Gasteiger partial charge in [-0.15, -0.1) is 0 Å². The number of fused-ring (bicyclic) bond motifs is 1. The van der Waals surface area contributed by atoms with E-state index < -0.39 is 0 Å². The summed E-state index contributed by atoms with van der Waals surface area (Å²) in [6, 6.07) is 6.97. The zero-order valence-corrected chi connectivity index (χ0v) is 11.4. The van der Waals surface area contributed by atoms with Crippen LogP contribution in [-0.4, -0.2) is 17.6 Å². The molecule has 0 spiro atoms. The fraction of sp³-hybridized carbons (Fsp3) is 0.533. The van der Waals surface area contributed by atoms with Crippen molar-refractivity contribution in [3.63, 3.8) is 0 Å². The average molecular weight is 259 g/mol. The minimum Gasteiger partial charge on any atom is -0.423 e. The number of benzene rings is 1. The maximum atomic E-state index is 5.90. The summed E-state index contributed by atoms with van der Waals surface area (Å²) >= 11 is 0. The fourth-order valence-corrected chi connectivity index (χ4v) is 2.94. The van der Waals surface area contributed by atoms with Gasteiger partial charge in [-0.25, -0.2) is 0 Å². The Morgan fingerprint density at radius 1 is 1.42 bits per heavy atom. The quantitative estimate of drug-likeness (QED) is 0.856. The van der Waals surface area contributed by atoms with Crippen molar-refractivity contribution in [2.24, 2.45) is 0 Å². The van der Waals surface area contributed by atoms with Gasteiger partial charge in [-0.2, -0.15) is 4.98 Å². The van der Waals surface area contributed by atoms with Crippen molar-refractivity contribution in [2.45, 2.75) is 45.1 Å². The zero-order valence-electron chi connectivity index (χ0n) is 11.4. The van der Waals surface area contributed by atoms with Crippen LogP contribution >= 0.6 is 0 Å². The van der Waals surface area contributed by atoms with Crippen molar-refractivity contribution in [1.82, 2.24) is 4.98 Å². The highest BCUT2D eigenvalue weighted by Crippen LogP contribution is 2.30. The van der Waals surface area contributed by atoms with Gasteiger partial charge in [0.15, 0.2) is 5.58 Å². The van der Waals surface area contributed by atoms with E-state index in [1.165, 1.54) is 32.1 Å². The molecule has 1 unspecified atom stereocenters. The molecule has 1 aromatic heterocycles. The Kier molecular flexibility index (Phi) is 3.32. The van der Waals surface area contributed by atoms with Gasteiger partial charge in [0.1, 0.15) is 5.52 Å². The topological polar surface area (TPSA) is 55.3 Å². The Morgan fingerprint density at radius 3 is 3.16 bits per heavy atom. The number of anilines is 2. The molecule has 0 saturated carbocycles. The van der Waals surface area contributed by atoms with Gasteiger partial charge in [0.2, 0.25) is 0 Å². The van der Waals surface area contributed by atoms with E-state index in [1.54, 1.807) is 0 Å². The molecule has 0 aliphatic carbocycles. The third-order valence-electron chi connectivity index (χ3n) is 3.90. The minimum absolute atomic E-state index is 0.573. The van der Waals surface area contributed by atoms with Crippen LogP contribution in [-0.2, 0) is 0 Å². The molecule has 1 saturated heterocycles. The first-order valence-electron chi connectivity index (χ1n) is 7.20. The highest BCUT2D eigenvalue weighted by Gasteiger charge is 2.25. The number of nitrogen functional groups attached to an aromatic ring is 1. The molecule has 2 N–H and O–H groups in total. The van der Waals surface area contributed by atoms with Crippen LogP contribution in [0.4, 0.5) is 11.7 Å². The molecule has 1 aliphatic heterocycles. The van der Waals surface area contributed by atoms with E-state index in [2.05, 4.69) is 16.8 Å². The molecule has 1 fully saturated rings. The number of nitrogens with two attached hydrogens (primary N) is 1. The molecular formula is C15H21N3O. The number of piperidine rings is 1. The van der Waals surface area contributed by atoms with Crippen molar-refractivity contribution in [3.05, 3.63) is 18.2 Å². The molecule has 3 rings (SSSR count). The molecule has 1 atom stereocenters. The first-order chi connectivity index (χ1) is 9.28. The second-order valence-electron chi connectivity index (χ2n) is 5.36. The molecule has 4 heteroatoms. The van der Waals surface area contributed by atoms with Crippen LogP contribution in [0.1, 0.15) is 39.0 Å². The van der Waals surface area contributed by atoms with Gasteiger partial charge in [-0.3, -0.25) is 0 Å². The second-order valence-corrected chi connectivity index (χ2v) is 5.36. The van der Waals surface area contributed by atoms with E-state index in [0.717, 1.165) is 29.3 Å². The Labute approximate surface area is 113 Å². The lowest BCUT2D eigenvalue weighted by Crippen LogP contribution is -2.39. The van der Waals surface area contributed by atoms with E-state index >= 15 is 0 Å². The SMILES string of the molecule is CCCC1CCCCN1c1nc2cc(N)ccc2o1. The summed E-state index contributed by atoms with van der Waals surface area (Å²) in [7, 11) is 0. The predicted octanol–water partition coefficient (Wildman–Crippen LogP) is 3.57. The van der Waals surface area contributed by atoms with Gasteiger partial charge >= 0.3 is 0 Å². The predicted molar refractivity (Wildman–Crippen MR) is 78.3 cm³/mol. The zero-order chi connectivity index (χ0) is 13.2. The van der Waals surface area contributed by atoms with Crippen molar-refractivity contribution < 1.29 is 4.42 Å². The van der Waals surface area contributed by atoms with E-state index in [4.69, 9.17) is 10.2 Å². The minimum atomic E-state index is 0.573. The number of oxazole rings is 1. The lowest BCUT2D eigenvalue weighted by atomic mass is 9.99. The molecule has 0 bridgehead atoms. The lowest BCUT2D eigenvalue weighted by Gasteiger charge is -2.34. The first-order valence-corrected chi connectivity index (χ1v) is 7.20. The first kappa shape index (κ1) is 12.3. The van der Waals surface area contributed by atoms with Crippen LogP contribution in [0.2, 0.25) is 0 Å². The maximum Gasteiger partial charge on any atom is 0.298 e. The molecule has 1 aliphatic rings. The van der Waals surface area contributed by atoms with Crippen LogP contribution in [0.15, 0.2) is 22.6 Å². The van der Waals surface area contributed by atoms with E-state index in [1.807, 2.05) is 18.2 Å². The van der Waals surface area contributed by atoms with Gasteiger partial charge in [-0.1, -0.05) is 13.3 Å². The molecule has 4 nitrogen and oxygen atoms in total. The third-order valence-corrected chi connectivity index (χ3v) is 3.90. The highest BCUT2D eigenvalue weighted by molar-refractivity contribution is 5.78. The normalized spacial score (nSPS) is 20.1. The standard InChI is InChI=1S/C15H21N3O/c1-2-5-12-6-3-4-9-18(12)15-17-13-10-11(16)7-8-14(13)19-15/h7-8,10,12H,2-6,9,16H2,1H3. The molecular weight excluding hydrogens is 238 g/mol. The number of nitrogens with zero attached hydrogens (tertiary/aromatic N) is 2. The van der Waals surface area contributed by atoms with Crippen LogP contribution in [0, 0.1) is 0 Å². The van der Waals surface area contributed by atoms with Crippen molar-refractivity contribution in [2.75, 3.05) is 17.2 Å². The number of aromatic nitrogens is 1. The van der Waals surface area contributed by atoms with Gasteiger partial charge in [0.05, 0.1) is 0 Å². The summed E-state index contributed by atoms with van der Waals surface area (Å²) in [6.07, 6.45) is 6.19. The largest absolute Gasteiger partial charge is 0.423 e. The molecule has 1 aromatic carbocycles. The van der Waals surface area contributed by atoms with Gasteiger partial charge in [0.25, 0.3) is 6.01 Å². The highest BCUT2D eigenvalue weighted by atomic mass is 16.4. The van der Waals surface area contributed by atoms with E-state index in [0.29, 0.717) is 6.04 Å². The number of rotatable bonds is 3. The summed E-state index contributed by atoms with van der Waals surface area (Å²) in [6.45, 7) is 3.28. The van der Waals surface area contributed by atoms with Crippen molar-refractivity contribution in [1.29, 1.82) is 0 Å². The smallest absolute Gasteiger partial charge is 0.298 e. The van der Waals surface area contributed by atoms with Crippen molar-refractivity contribution >= 4 is 22.8 Å². The summed E-state index contributed by atoms with van der Waals surface area (Å²) in [5, 5.41) is 0. The Morgan fingerprint density at radius 2 is 2.32 bits per heavy atom. The average Bonchev–Trinajstić information content (AvgIpc) is 2.82. The van der Waals surface area contributed by atoms with Gasteiger partial charge in [0, 0.05) is 18.3 Å². The molecule has 0 amide bonds. The van der Waals surface area contributed by atoms with Crippen LogP contribution in [0.3, 0.4) is 0 Å². The number of hydrogen-bond donors (Lipinski definition) is 1. The summed E-state index contributed by atoms with van der Waals surface area (Å²) in [5.74, 6) is 0. The molecule has 19 heavy (non-hydrogen) atoms. The fourth-order valence-electron chi connectivity index (χ4n) is 2.94. The summed E-state index contributed by atoms with van der Waals surface area (Å²) < 4.78 is 5.90. The van der Waals surface area contributed by atoms with Gasteiger partial charge in [-0.05, 0) is 43.9 Å². The Balaban J connectivity index is 1.92. The number of hydrogen-bond acceptors (Lipinski definition) is 4. The van der Waals surface area contributed by atoms with Crippen LogP contribution in [0.5, 0.6) is 0 Å². The second kappa shape index (κ2) is 5.11.